The Balaban J connectivity index is 2.08. The highest BCUT2D eigenvalue weighted by Crippen LogP contribution is 2.40. The van der Waals surface area contributed by atoms with Gasteiger partial charge in [-0.2, -0.15) is 0 Å². The van der Waals surface area contributed by atoms with Crippen molar-refractivity contribution in [1.29, 1.82) is 0 Å². The monoisotopic (exact) mass is 286 g/mol. The van der Waals surface area contributed by atoms with E-state index in [-0.39, 0.29) is 19.4 Å². The Morgan fingerprint density at radius 2 is 2.21 bits per heavy atom. The zero-order valence-electron chi connectivity index (χ0n) is 11.1. The van der Waals surface area contributed by atoms with E-state index in [1.807, 2.05) is 20.2 Å². The third kappa shape index (κ3) is 3.51. The van der Waals surface area contributed by atoms with Gasteiger partial charge in [0.2, 0.25) is 6.79 Å². The molecule has 2 N–H and O–H groups in total. The normalized spacial score (nSPS) is 15.0. The highest BCUT2D eigenvalue weighted by molar-refractivity contribution is 6.32. The molecule has 5 nitrogen and oxygen atoms in total. The Morgan fingerprint density at radius 1 is 1.42 bits per heavy atom. The summed E-state index contributed by atoms with van der Waals surface area (Å²) in [6.45, 7) is 1.87. The van der Waals surface area contributed by atoms with Crippen LogP contribution in [0.3, 0.4) is 0 Å². The molecule has 1 aliphatic heterocycles. The Morgan fingerprint density at radius 3 is 2.89 bits per heavy atom. The number of aliphatic hydroxyl groups is 1. The number of rotatable bonds is 6. The molecule has 0 saturated carbocycles. The molecule has 106 valence electrons. The van der Waals surface area contributed by atoms with Crippen LogP contribution in [0, 0.1) is 0 Å². The van der Waals surface area contributed by atoms with Gasteiger partial charge in [0.05, 0.1) is 17.7 Å². The SMILES string of the molecule is CN(C)CCNC(CO)c1cc(Cl)c2c(c1)OCO2. The number of ether oxygens (including phenoxy) is 2. The van der Waals surface area contributed by atoms with E-state index in [1.54, 1.807) is 6.07 Å². The average Bonchev–Trinajstić information content (AvgIpc) is 2.83. The van der Waals surface area contributed by atoms with Crippen molar-refractivity contribution in [3.8, 4) is 11.5 Å². The molecule has 1 aliphatic rings. The number of likely N-dealkylation sites (N-methyl/N-ethyl adjacent to an activating group) is 1. The topological polar surface area (TPSA) is 54.0 Å². The van der Waals surface area contributed by atoms with E-state index < -0.39 is 0 Å². The van der Waals surface area contributed by atoms with E-state index in [1.165, 1.54) is 0 Å². The van der Waals surface area contributed by atoms with E-state index in [9.17, 15) is 5.11 Å². The van der Waals surface area contributed by atoms with Crippen molar-refractivity contribution in [2.24, 2.45) is 0 Å². The largest absolute Gasteiger partial charge is 0.454 e. The minimum atomic E-state index is -0.160. The van der Waals surface area contributed by atoms with Gasteiger partial charge in [0.25, 0.3) is 0 Å². The molecule has 0 aromatic heterocycles. The minimum Gasteiger partial charge on any atom is -0.454 e. The lowest BCUT2D eigenvalue weighted by molar-refractivity contribution is 0.174. The molecule has 1 aromatic carbocycles. The van der Waals surface area contributed by atoms with Crippen molar-refractivity contribution < 1.29 is 14.6 Å². The summed E-state index contributed by atoms with van der Waals surface area (Å²) in [5, 5.41) is 13.3. The Hall–Kier alpha value is -1.01. The minimum absolute atomic E-state index is 0.00337. The summed E-state index contributed by atoms with van der Waals surface area (Å²) in [6, 6.07) is 3.50. The summed E-state index contributed by atoms with van der Waals surface area (Å²) in [4.78, 5) is 2.08. The predicted octanol–water partition coefficient (Wildman–Crippen LogP) is 1.25. The quantitative estimate of drug-likeness (QED) is 0.824. The zero-order valence-corrected chi connectivity index (χ0v) is 11.9. The van der Waals surface area contributed by atoms with Crippen LogP contribution < -0.4 is 14.8 Å². The van der Waals surface area contributed by atoms with Gasteiger partial charge in [-0.25, -0.2) is 0 Å². The van der Waals surface area contributed by atoms with E-state index in [4.69, 9.17) is 21.1 Å². The molecular formula is C13H19ClN2O3. The smallest absolute Gasteiger partial charge is 0.231 e. The molecule has 1 aromatic rings. The molecular weight excluding hydrogens is 268 g/mol. The molecule has 0 radical (unpaired) electrons. The number of benzene rings is 1. The molecule has 0 aliphatic carbocycles. The van der Waals surface area contributed by atoms with Gasteiger partial charge in [-0.05, 0) is 31.8 Å². The summed E-state index contributed by atoms with van der Waals surface area (Å²) >= 11 is 6.14. The summed E-state index contributed by atoms with van der Waals surface area (Å²) in [5.74, 6) is 1.21. The second-order valence-electron chi connectivity index (χ2n) is 4.73. The van der Waals surface area contributed by atoms with E-state index in [0.29, 0.717) is 16.5 Å². The average molecular weight is 287 g/mol. The van der Waals surface area contributed by atoms with E-state index in [2.05, 4.69) is 10.2 Å². The van der Waals surface area contributed by atoms with Crippen LogP contribution in [0.5, 0.6) is 11.5 Å². The Kier molecular flexibility index (Phi) is 4.87. The first-order chi connectivity index (χ1) is 9.11. The summed E-state index contributed by atoms with van der Waals surface area (Å²) in [6.07, 6.45) is 0. The molecule has 1 heterocycles. The van der Waals surface area contributed by atoms with Gasteiger partial charge in [0, 0.05) is 13.1 Å². The number of nitrogens with one attached hydrogen (secondary N) is 1. The first kappa shape index (κ1) is 14.4. The maximum Gasteiger partial charge on any atom is 0.231 e. The van der Waals surface area contributed by atoms with Crippen LogP contribution in [0.2, 0.25) is 5.02 Å². The molecule has 0 spiro atoms. The third-order valence-corrected chi connectivity index (χ3v) is 3.26. The van der Waals surface area contributed by atoms with Gasteiger partial charge in [-0.15, -0.1) is 0 Å². The predicted molar refractivity (Wildman–Crippen MR) is 74.0 cm³/mol. The number of fused-ring (bicyclic) bond motifs is 1. The lowest BCUT2D eigenvalue weighted by Gasteiger charge is -2.19. The van der Waals surface area contributed by atoms with Crippen LogP contribution in [0.4, 0.5) is 0 Å². The van der Waals surface area contributed by atoms with Crippen LogP contribution in [0.25, 0.3) is 0 Å². The molecule has 6 heteroatoms. The highest BCUT2D eigenvalue weighted by atomic mass is 35.5. The maximum atomic E-state index is 9.49. The molecule has 1 unspecified atom stereocenters. The molecule has 1 atom stereocenters. The van der Waals surface area contributed by atoms with Crippen molar-refractivity contribution in [3.63, 3.8) is 0 Å². The molecule has 0 fully saturated rings. The van der Waals surface area contributed by atoms with Crippen LogP contribution in [-0.4, -0.2) is 50.6 Å². The number of nitrogens with zero attached hydrogens (tertiary/aromatic N) is 1. The van der Waals surface area contributed by atoms with Gasteiger partial charge >= 0.3 is 0 Å². The number of hydrogen-bond donors (Lipinski definition) is 2. The van der Waals surface area contributed by atoms with Gasteiger partial charge in [-0.1, -0.05) is 11.6 Å². The zero-order chi connectivity index (χ0) is 13.8. The second kappa shape index (κ2) is 6.43. The van der Waals surface area contributed by atoms with Gasteiger partial charge in [0.15, 0.2) is 11.5 Å². The number of halogens is 1. The number of aliphatic hydroxyl groups excluding tert-OH is 1. The molecule has 19 heavy (non-hydrogen) atoms. The van der Waals surface area contributed by atoms with Crippen LogP contribution in [-0.2, 0) is 0 Å². The van der Waals surface area contributed by atoms with Crippen molar-refractivity contribution in [2.75, 3.05) is 40.6 Å². The fourth-order valence-corrected chi connectivity index (χ4v) is 2.21. The fourth-order valence-electron chi connectivity index (χ4n) is 1.94. The second-order valence-corrected chi connectivity index (χ2v) is 5.14. The van der Waals surface area contributed by atoms with Crippen molar-refractivity contribution >= 4 is 11.6 Å². The Bertz CT molecular complexity index is 440. The van der Waals surface area contributed by atoms with Gasteiger partial charge in [-0.3, -0.25) is 0 Å². The van der Waals surface area contributed by atoms with Crippen LogP contribution in [0.1, 0.15) is 11.6 Å². The molecule has 0 saturated heterocycles. The van der Waals surface area contributed by atoms with Crippen molar-refractivity contribution in [3.05, 3.63) is 22.7 Å². The van der Waals surface area contributed by atoms with Crippen LogP contribution in [0.15, 0.2) is 12.1 Å². The number of hydrogen-bond acceptors (Lipinski definition) is 5. The summed E-state index contributed by atoms with van der Waals surface area (Å²) < 4.78 is 10.6. The van der Waals surface area contributed by atoms with E-state index >= 15 is 0 Å². The Labute approximate surface area is 118 Å². The van der Waals surface area contributed by atoms with Gasteiger partial charge in [0.1, 0.15) is 0 Å². The fraction of sp³-hybridized carbons (Fsp3) is 0.538. The van der Waals surface area contributed by atoms with Crippen LogP contribution >= 0.6 is 11.6 Å². The highest BCUT2D eigenvalue weighted by Gasteiger charge is 2.21. The first-order valence-electron chi connectivity index (χ1n) is 6.20. The third-order valence-electron chi connectivity index (χ3n) is 2.98. The standard InChI is InChI=1S/C13H19ClN2O3/c1-16(2)4-3-15-11(7-17)9-5-10(14)13-12(6-9)18-8-19-13/h5-6,11,15,17H,3-4,7-8H2,1-2H3. The van der Waals surface area contributed by atoms with Crippen molar-refractivity contribution in [1.82, 2.24) is 10.2 Å². The van der Waals surface area contributed by atoms with Crippen molar-refractivity contribution in [2.45, 2.75) is 6.04 Å². The molecule has 0 amide bonds. The first-order valence-corrected chi connectivity index (χ1v) is 6.57. The van der Waals surface area contributed by atoms with Gasteiger partial charge < -0.3 is 24.8 Å². The lowest BCUT2D eigenvalue weighted by atomic mass is 10.1. The van der Waals surface area contributed by atoms with E-state index in [0.717, 1.165) is 18.7 Å². The summed E-state index contributed by atoms with van der Waals surface area (Å²) in [5.41, 5.74) is 0.899. The molecule has 0 bridgehead atoms. The molecule has 2 rings (SSSR count). The lowest BCUT2D eigenvalue weighted by Crippen LogP contribution is -2.31. The maximum absolute atomic E-state index is 9.49. The summed E-state index contributed by atoms with van der Waals surface area (Å²) in [7, 11) is 4.01.